The molecular formula is C16H10N2O4. The van der Waals surface area contributed by atoms with Crippen LogP contribution in [0.2, 0.25) is 0 Å². The fourth-order valence-corrected chi connectivity index (χ4v) is 2.01. The normalized spacial score (nSPS) is 10.4. The van der Waals surface area contributed by atoms with Crippen LogP contribution in [0.5, 0.6) is 5.88 Å². The molecule has 0 aliphatic carbocycles. The molecule has 0 spiro atoms. The number of benzene rings is 1. The Morgan fingerprint density at radius 3 is 2.64 bits per heavy atom. The van der Waals surface area contributed by atoms with Gasteiger partial charge in [0.05, 0.1) is 11.1 Å². The zero-order valence-corrected chi connectivity index (χ0v) is 11.3. The van der Waals surface area contributed by atoms with Crippen LogP contribution in [-0.4, -0.2) is 27.0 Å². The van der Waals surface area contributed by atoms with E-state index in [9.17, 15) is 9.59 Å². The highest BCUT2D eigenvalue weighted by Crippen LogP contribution is 2.18. The van der Waals surface area contributed by atoms with Crippen LogP contribution in [0.25, 0.3) is 10.9 Å². The highest BCUT2D eigenvalue weighted by Gasteiger charge is 2.14. The molecule has 3 rings (SSSR count). The minimum Gasteiger partial charge on any atom is -0.477 e. The van der Waals surface area contributed by atoms with Crippen LogP contribution in [-0.2, 0) is 0 Å². The van der Waals surface area contributed by atoms with E-state index < -0.39 is 11.9 Å². The third kappa shape index (κ3) is 2.62. The lowest BCUT2D eigenvalue weighted by molar-refractivity contribution is 0.0675. The van der Waals surface area contributed by atoms with Crippen molar-refractivity contribution in [1.82, 2.24) is 9.97 Å². The van der Waals surface area contributed by atoms with Gasteiger partial charge in [-0.15, -0.1) is 0 Å². The maximum Gasteiger partial charge on any atom is 0.354 e. The first-order valence-electron chi connectivity index (χ1n) is 6.41. The summed E-state index contributed by atoms with van der Waals surface area (Å²) in [5, 5.41) is 9.55. The number of pyridine rings is 2. The van der Waals surface area contributed by atoms with Gasteiger partial charge in [-0.05, 0) is 18.2 Å². The molecule has 0 unspecified atom stereocenters. The first-order valence-corrected chi connectivity index (χ1v) is 6.41. The van der Waals surface area contributed by atoms with Crippen molar-refractivity contribution in [3.8, 4) is 5.88 Å². The molecule has 2 heterocycles. The lowest BCUT2D eigenvalue weighted by Crippen LogP contribution is -2.11. The number of carbonyl (C=O) groups is 2. The van der Waals surface area contributed by atoms with Crippen molar-refractivity contribution in [2.45, 2.75) is 0 Å². The van der Waals surface area contributed by atoms with E-state index in [4.69, 9.17) is 9.84 Å². The van der Waals surface area contributed by atoms with Gasteiger partial charge >= 0.3 is 11.9 Å². The quantitative estimate of drug-likeness (QED) is 0.747. The first kappa shape index (κ1) is 13.7. The van der Waals surface area contributed by atoms with E-state index in [1.165, 1.54) is 24.4 Å². The number of hydrogen-bond acceptors (Lipinski definition) is 5. The molecule has 0 aliphatic rings. The topological polar surface area (TPSA) is 89.4 Å². The molecule has 6 nitrogen and oxygen atoms in total. The smallest absolute Gasteiger partial charge is 0.354 e. The second-order valence-electron chi connectivity index (χ2n) is 4.43. The number of carbonyl (C=O) groups excluding carboxylic acids is 1. The second-order valence-corrected chi connectivity index (χ2v) is 4.43. The highest BCUT2D eigenvalue weighted by atomic mass is 16.5. The summed E-state index contributed by atoms with van der Waals surface area (Å²) in [6.07, 6.45) is 1.51. The standard InChI is InChI=1S/C16H10N2O4/c19-15(20)13-6-3-7-14(18-13)22-16(21)11-8-9-17-12-5-2-1-4-10(11)12/h1-9H,(H,19,20). The van der Waals surface area contributed by atoms with Gasteiger partial charge < -0.3 is 9.84 Å². The van der Waals surface area contributed by atoms with Gasteiger partial charge in [0.15, 0.2) is 5.69 Å². The minimum atomic E-state index is -1.19. The third-order valence-corrected chi connectivity index (χ3v) is 3.01. The zero-order valence-electron chi connectivity index (χ0n) is 11.3. The van der Waals surface area contributed by atoms with Gasteiger partial charge in [-0.1, -0.05) is 24.3 Å². The largest absolute Gasteiger partial charge is 0.477 e. The number of nitrogens with zero attached hydrogens (tertiary/aromatic N) is 2. The van der Waals surface area contributed by atoms with Crippen LogP contribution >= 0.6 is 0 Å². The summed E-state index contributed by atoms with van der Waals surface area (Å²) >= 11 is 0. The Hall–Kier alpha value is -3.28. The molecule has 0 amide bonds. The summed E-state index contributed by atoms with van der Waals surface area (Å²) in [5.41, 5.74) is 0.821. The fraction of sp³-hybridized carbons (Fsp3) is 0. The van der Waals surface area contributed by atoms with E-state index in [-0.39, 0.29) is 11.6 Å². The molecule has 0 fully saturated rings. The number of aromatic nitrogens is 2. The van der Waals surface area contributed by atoms with E-state index in [2.05, 4.69) is 9.97 Å². The van der Waals surface area contributed by atoms with Crippen molar-refractivity contribution >= 4 is 22.8 Å². The maximum atomic E-state index is 12.3. The number of ether oxygens (including phenoxy) is 1. The number of carboxylic acid groups (broad SMARTS) is 1. The maximum absolute atomic E-state index is 12.3. The molecule has 0 bridgehead atoms. The summed E-state index contributed by atoms with van der Waals surface area (Å²) in [7, 11) is 0. The molecule has 1 N–H and O–H groups in total. The second kappa shape index (κ2) is 5.61. The number of rotatable bonds is 3. The minimum absolute atomic E-state index is 0.0641. The SMILES string of the molecule is O=C(O)c1cccc(OC(=O)c2ccnc3ccccc23)n1. The van der Waals surface area contributed by atoms with Crippen LogP contribution in [0.3, 0.4) is 0 Å². The number of aromatic carboxylic acids is 1. The molecule has 108 valence electrons. The lowest BCUT2D eigenvalue weighted by Gasteiger charge is -2.06. The molecule has 0 saturated heterocycles. The van der Waals surface area contributed by atoms with Gasteiger partial charge in [-0.3, -0.25) is 4.98 Å². The Kier molecular flexibility index (Phi) is 3.49. The summed E-state index contributed by atoms with van der Waals surface area (Å²) in [6, 6.07) is 12.9. The molecule has 0 radical (unpaired) electrons. The van der Waals surface area contributed by atoms with Crippen molar-refractivity contribution in [3.05, 3.63) is 66.0 Å². The van der Waals surface area contributed by atoms with Gasteiger partial charge in [-0.2, -0.15) is 0 Å². The monoisotopic (exact) mass is 294 g/mol. The summed E-state index contributed by atoms with van der Waals surface area (Å²) in [6.45, 7) is 0. The van der Waals surface area contributed by atoms with Crippen LogP contribution < -0.4 is 4.74 Å². The Labute approximate surface area is 125 Å². The van der Waals surface area contributed by atoms with E-state index in [1.54, 1.807) is 24.3 Å². The Bertz CT molecular complexity index is 871. The van der Waals surface area contributed by atoms with Crippen molar-refractivity contribution in [2.24, 2.45) is 0 Å². The fourth-order valence-electron chi connectivity index (χ4n) is 2.01. The van der Waals surface area contributed by atoms with Crippen LogP contribution in [0.1, 0.15) is 20.8 Å². The van der Waals surface area contributed by atoms with Gasteiger partial charge in [0.2, 0.25) is 5.88 Å². The summed E-state index contributed by atoms with van der Waals surface area (Å²) < 4.78 is 5.16. The van der Waals surface area contributed by atoms with E-state index in [0.717, 1.165) is 0 Å². The first-order chi connectivity index (χ1) is 10.6. The number of para-hydroxylation sites is 1. The number of fused-ring (bicyclic) bond motifs is 1. The summed E-state index contributed by atoms with van der Waals surface area (Å²) in [5.74, 6) is -1.87. The van der Waals surface area contributed by atoms with Crippen molar-refractivity contribution in [3.63, 3.8) is 0 Å². The van der Waals surface area contributed by atoms with E-state index in [0.29, 0.717) is 16.5 Å². The van der Waals surface area contributed by atoms with Gasteiger partial charge in [0.1, 0.15) is 0 Å². The highest BCUT2D eigenvalue weighted by molar-refractivity contribution is 6.03. The predicted molar refractivity (Wildman–Crippen MR) is 77.9 cm³/mol. The predicted octanol–water partition coefficient (Wildman–Crippen LogP) is 2.55. The Balaban J connectivity index is 1.94. The van der Waals surface area contributed by atoms with Gasteiger partial charge in [0, 0.05) is 17.6 Å². The molecule has 1 aromatic carbocycles. The molecule has 3 aromatic rings. The molecule has 6 heteroatoms. The van der Waals surface area contributed by atoms with E-state index in [1.807, 2.05) is 6.07 Å². The average Bonchev–Trinajstić information content (AvgIpc) is 2.54. The molecule has 2 aromatic heterocycles. The lowest BCUT2D eigenvalue weighted by atomic mass is 10.1. The molecule has 0 atom stereocenters. The molecule has 0 saturated carbocycles. The number of carboxylic acids is 1. The van der Waals surface area contributed by atoms with Crippen molar-refractivity contribution in [2.75, 3.05) is 0 Å². The van der Waals surface area contributed by atoms with Crippen LogP contribution in [0.4, 0.5) is 0 Å². The summed E-state index contributed by atoms with van der Waals surface area (Å²) in [4.78, 5) is 31.1. The number of esters is 1. The average molecular weight is 294 g/mol. The van der Waals surface area contributed by atoms with Gasteiger partial charge in [-0.25, -0.2) is 14.6 Å². The van der Waals surface area contributed by atoms with Gasteiger partial charge in [0.25, 0.3) is 0 Å². The van der Waals surface area contributed by atoms with E-state index >= 15 is 0 Å². The van der Waals surface area contributed by atoms with Crippen molar-refractivity contribution < 1.29 is 19.4 Å². The molecule has 0 aliphatic heterocycles. The van der Waals surface area contributed by atoms with Crippen molar-refractivity contribution in [1.29, 1.82) is 0 Å². The third-order valence-electron chi connectivity index (χ3n) is 3.01. The molecule has 22 heavy (non-hydrogen) atoms. The Morgan fingerprint density at radius 1 is 1.00 bits per heavy atom. The zero-order chi connectivity index (χ0) is 15.5. The molecular weight excluding hydrogens is 284 g/mol. The Morgan fingerprint density at radius 2 is 1.82 bits per heavy atom. The number of hydrogen-bond donors (Lipinski definition) is 1. The van der Waals surface area contributed by atoms with Crippen LogP contribution in [0.15, 0.2) is 54.7 Å². The van der Waals surface area contributed by atoms with Crippen LogP contribution in [0, 0.1) is 0 Å².